The Morgan fingerprint density at radius 3 is 2.06 bits per heavy atom. The van der Waals surface area contributed by atoms with E-state index in [1.807, 2.05) is 27.7 Å². The minimum atomic E-state index is -0.330. The van der Waals surface area contributed by atoms with Gasteiger partial charge in [0, 0.05) is 12.5 Å². The molecule has 94 valence electrons. The standard InChI is InChI=1S/C11H24BNO3/c1-10(2)11(3,4)16-12(15-10)9(13)7-5-6-8-14/h9,14H,5-8,13H2,1-4H3. The summed E-state index contributed by atoms with van der Waals surface area (Å²) < 4.78 is 11.7. The van der Waals surface area contributed by atoms with Gasteiger partial charge in [-0.1, -0.05) is 6.42 Å². The molecule has 0 amide bonds. The molecule has 0 saturated carbocycles. The molecule has 3 N–H and O–H groups in total. The fourth-order valence-electron chi connectivity index (χ4n) is 1.69. The summed E-state index contributed by atoms with van der Waals surface area (Å²) in [5, 5.41) is 8.71. The molecular formula is C11H24BNO3. The fourth-order valence-corrected chi connectivity index (χ4v) is 1.69. The van der Waals surface area contributed by atoms with Gasteiger partial charge in [0.2, 0.25) is 0 Å². The van der Waals surface area contributed by atoms with Gasteiger partial charge in [-0.2, -0.15) is 0 Å². The van der Waals surface area contributed by atoms with E-state index in [0.717, 1.165) is 19.3 Å². The van der Waals surface area contributed by atoms with Crippen LogP contribution in [0.5, 0.6) is 0 Å². The number of aliphatic hydroxyl groups excluding tert-OH is 1. The molecule has 5 heteroatoms. The minimum Gasteiger partial charge on any atom is -0.402 e. The van der Waals surface area contributed by atoms with E-state index in [4.69, 9.17) is 20.1 Å². The smallest absolute Gasteiger partial charge is 0.402 e. The first-order valence-corrected chi connectivity index (χ1v) is 6.02. The molecule has 1 rings (SSSR count). The Morgan fingerprint density at radius 2 is 1.62 bits per heavy atom. The lowest BCUT2D eigenvalue weighted by Crippen LogP contribution is -2.41. The van der Waals surface area contributed by atoms with Crippen LogP contribution in [-0.2, 0) is 9.31 Å². The highest BCUT2D eigenvalue weighted by Gasteiger charge is 2.52. The molecule has 1 aliphatic rings. The molecule has 1 heterocycles. The van der Waals surface area contributed by atoms with Crippen molar-refractivity contribution in [2.75, 3.05) is 6.61 Å². The van der Waals surface area contributed by atoms with Crippen LogP contribution in [0.4, 0.5) is 0 Å². The number of rotatable bonds is 5. The first-order valence-electron chi connectivity index (χ1n) is 6.02. The van der Waals surface area contributed by atoms with Crippen LogP contribution < -0.4 is 5.73 Å². The fraction of sp³-hybridized carbons (Fsp3) is 1.00. The van der Waals surface area contributed by atoms with Gasteiger partial charge < -0.3 is 20.1 Å². The molecule has 0 bridgehead atoms. The average Bonchev–Trinajstić information content (AvgIpc) is 2.36. The molecule has 0 aromatic rings. The van der Waals surface area contributed by atoms with Crippen molar-refractivity contribution in [1.29, 1.82) is 0 Å². The van der Waals surface area contributed by atoms with E-state index < -0.39 is 0 Å². The van der Waals surface area contributed by atoms with Crippen molar-refractivity contribution in [3.8, 4) is 0 Å². The Kier molecular flexibility index (Phi) is 4.40. The Balaban J connectivity index is 2.46. The molecule has 0 aromatic carbocycles. The molecule has 0 spiro atoms. The van der Waals surface area contributed by atoms with Crippen LogP contribution in [-0.4, -0.2) is 36.0 Å². The molecule has 1 atom stereocenters. The molecule has 1 aliphatic heterocycles. The summed E-state index contributed by atoms with van der Waals surface area (Å²) in [5.74, 6) is -0.118. The lowest BCUT2D eigenvalue weighted by Gasteiger charge is -2.32. The summed E-state index contributed by atoms with van der Waals surface area (Å²) in [6.45, 7) is 8.30. The van der Waals surface area contributed by atoms with Gasteiger partial charge in [0.05, 0.1) is 11.2 Å². The normalized spacial score (nSPS) is 24.8. The molecule has 4 nitrogen and oxygen atoms in total. The highest BCUT2D eigenvalue weighted by molar-refractivity contribution is 6.47. The van der Waals surface area contributed by atoms with E-state index in [9.17, 15) is 0 Å². The quantitative estimate of drug-likeness (QED) is 0.547. The molecule has 1 fully saturated rings. The third kappa shape index (κ3) is 2.97. The van der Waals surface area contributed by atoms with E-state index in [-0.39, 0.29) is 30.9 Å². The van der Waals surface area contributed by atoms with Crippen LogP contribution >= 0.6 is 0 Å². The topological polar surface area (TPSA) is 64.7 Å². The van der Waals surface area contributed by atoms with Crippen LogP contribution in [0.1, 0.15) is 47.0 Å². The number of aliphatic hydroxyl groups is 1. The minimum absolute atomic E-state index is 0.118. The second-order valence-electron chi connectivity index (χ2n) is 5.51. The third-order valence-corrected chi connectivity index (χ3v) is 3.57. The summed E-state index contributed by atoms with van der Waals surface area (Å²) in [5.41, 5.74) is 5.40. The summed E-state index contributed by atoms with van der Waals surface area (Å²) in [7, 11) is -0.330. The van der Waals surface area contributed by atoms with E-state index in [1.165, 1.54) is 0 Å². The van der Waals surface area contributed by atoms with E-state index >= 15 is 0 Å². The van der Waals surface area contributed by atoms with Gasteiger partial charge in [0.15, 0.2) is 0 Å². The Hall–Kier alpha value is -0.0951. The SMILES string of the molecule is CC1(C)OB(C(N)CCCCO)OC1(C)C. The zero-order valence-electron chi connectivity index (χ0n) is 10.8. The van der Waals surface area contributed by atoms with Gasteiger partial charge in [-0.05, 0) is 40.5 Å². The first kappa shape index (κ1) is 14.0. The maximum atomic E-state index is 8.71. The van der Waals surface area contributed by atoms with Crippen molar-refractivity contribution in [2.24, 2.45) is 5.73 Å². The third-order valence-electron chi connectivity index (χ3n) is 3.57. The zero-order chi connectivity index (χ0) is 12.4. The van der Waals surface area contributed by atoms with Crippen LogP contribution in [0.25, 0.3) is 0 Å². The summed E-state index contributed by atoms with van der Waals surface area (Å²) >= 11 is 0. The number of hydrogen-bond donors (Lipinski definition) is 2. The monoisotopic (exact) mass is 229 g/mol. The predicted octanol–water partition coefficient (Wildman–Crippen LogP) is 1.11. The van der Waals surface area contributed by atoms with Gasteiger partial charge in [-0.3, -0.25) is 0 Å². The summed E-state index contributed by atoms with van der Waals surface area (Å²) in [6, 6.07) is 0. The van der Waals surface area contributed by atoms with E-state index in [1.54, 1.807) is 0 Å². The van der Waals surface area contributed by atoms with Crippen molar-refractivity contribution in [3.63, 3.8) is 0 Å². The zero-order valence-corrected chi connectivity index (χ0v) is 10.8. The average molecular weight is 229 g/mol. The molecule has 16 heavy (non-hydrogen) atoms. The molecular weight excluding hydrogens is 205 g/mol. The highest BCUT2D eigenvalue weighted by atomic mass is 16.7. The first-order chi connectivity index (χ1) is 7.30. The van der Waals surface area contributed by atoms with E-state index in [0.29, 0.717) is 0 Å². The Labute approximate surface area is 98.6 Å². The molecule has 0 aliphatic carbocycles. The molecule has 1 unspecified atom stereocenters. The second kappa shape index (κ2) is 5.04. The lowest BCUT2D eigenvalue weighted by molar-refractivity contribution is 0.00578. The van der Waals surface area contributed by atoms with Gasteiger partial charge in [-0.15, -0.1) is 0 Å². The second-order valence-corrected chi connectivity index (χ2v) is 5.51. The van der Waals surface area contributed by atoms with Crippen molar-refractivity contribution in [1.82, 2.24) is 0 Å². The van der Waals surface area contributed by atoms with Crippen molar-refractivity contribution in [3.05, 3.63) is 0 Å². The van der Waals surface area contributed by atoms with Crippen LogP contribution in [0.3, 0.4) is 0 Å². The van der Waals surface area contributed by atoms with Gasteiger partial charge >= 0.3 is 7.12 Å². The predicted molar refractivity (Wildman–Crippen MR) is 65.0 cm³/mol. The molecule has 1 saturated heterocycles. The van der Waals surface area contributed by atoms with Crippen molar-refractivity contribution >= 4 is 7.12 Å². The summed E-state index contributed by atoms with van der Waals surface area (Å²) in [6.07, 6.45) is 2.51. The molecule has 0 aromatic heterocycles. The number of nitrogens with two attached hydrogens (primary N) is 1. The largest absolute Gasteiger partial charge is 0.475 e. The van der Waals surface area contributed by atoms with Crippen molar-refractivity contribution < 1.29 is 14.4 Å². The Bertz CT molecular complexity index is 217. The maximum Gasteiger partial charge on any atom is 0.475 e. The van der Waals surface area contributed by atoms with Gasteiger partial charge in [-0.25, -0.2) is 0 Å². The van der Waals surface area contributed by atoms with E-state index in [2.05, 4.69) is 0 Å². The Morgan fingerprint density at radius 1 is 1.12 bits per heavy atom. The van der Waals surface area contributed by atoms with Crippen LogP contribution in [0.2, 0.25) is 0 Å². The van der Waals surface area contributed by atoms with Crippen molar-refractivity contribution in [2.45, 2.75) is 64.1 Å². The number of hydrogen-bond acceptors (Lipinski definition) is 4. The van der Waals surface area contributed by atoms with Crippen LogP contribution in [0, 0.1) is 0 Å². The highest BCUT2D eigenvalue weighted by Crippen LogP contribution is 2.37. The molecule has 0 radical (unpaired) electrons. The lowest BCUT2D eigenvalue weighted by atomic mass is 9.76. The number of unbranched alkanes of at least 4 members (excludes halogenated alkanes) is 1. The summed E-state index contributed by atoms with van der Waals surface area (Å²) in [4.78, 5) is 0. The van der Waals surface area contributed by atoms with Gasteiger partial charge in [0.25, 0.3) is 0 Å². The van der Waals surface area contributed by atoms with Crippen LogP contribution in [0.15, 0.2) is 0 Å². The van der Waals surface area contributed by atoms with Gasteiger partial charge in [0.1, 0.15) is 0 Å². The maximum absolute atomic E-state index is 8.71.